The summed E-state index contributed by atoms with van der Waals surface area (Å²) in [6.07, 6.45) is 0. The van der Waals surface area contributed by atoms with Gasteiger partial charge >= 0.3 is 0 Å². The lowest BCUT2D eigenvalue weighted by Crippen LogP contribution is -2.31. The molecule has 0 bridgehead atoms. The number of nitrogens with one attached hydrogen (secondary N) is 2. The van der Waals surface area contributed by atoms with Crippen LogP contribution >= 0.6 is 0 Å². The highest BCUT2D eigenvalue weighted by Gasteiger charge is 2.34. The van der Waals surface area contributed by atoms with Crippen LogP contribution in [0, 0.1) is 0 Å². The zero-order chi connectivity index (χ0) is 22.0. The van der Waals surface area contributed by atoms with Gasteiger partial charge in [-0.15, -0.1) is 0 Å². The van der Waals surface area contributed by atoms with Crippen molar-refractivity contribution in [1.82, 2.24) is 9.80 Å². The number of likely N-dealkylation sites (N-methyl/N-ethyl adjacent to an activating group) is 2. The molecule has 1 aliphatic rings. The van der Waals surface area contributed by atoms with Crippen LogP contribution in [0.3, 0.4) is 0 Å². The molecular weight excluding hydrogens is 384 g/mol. The van der Waals surface area contributed by atoms with E-state index in [1.807, 2.05) is 0 Å². The van der Waals surface area contributed by atoms with Gasteiger partial charge in [-0.05, 0) is 40.3 Å². The highest BCUT2D eigenvalue weighted by Crippen LogP contribution is 2.36. The van der Waals surface area contributed by atoms with Crippen molar-refractivity contribution in [3.63, 3.8) is 0 Å². The van der Waals surface area contributed by atoms with Gasteiger partial charge in [-0.3, -0.25) is 19.2 Å². The Morgan fingerprint density at radius 2 is 1.07 bits per heavy atom. The molecule has 0 unspecified atom stereocenters. The molecule has 0 saturated heterocycles. The molecule has 8 heteroatoms. The van der Waals surface area contributed by atoms with Gasteiger partial charge in [-0.2, -0.15) is 0 Å². The molecule has 0 heterocycles. The van der Waals surface area contributed by atoms with E-state index < -0.39 is 0 Å². The number of hydrogen-bond donors (Lipinski definition) is 2. The lowest BCUT2D eigenvalue weighted by Gasteiger charge is -2.23. The molecule has 2 N–H and O–H groups in total. The van der Waals surface area contributed by atoms with E-state index in [-0.39, 0.29) is 70.1 Å². The number of benzene rings is 2. The number of carbonyl (C=O) groups is 4. The van der Waals surface area contributed by atoms with E-state index in [1.54, 1.807) is 62.3 Å². The van der Waals surface area contributed by atoms with Crippen LogP contribution in [0.15, 0.2) is 36.4 Å². The van der Waals surface area contributed by atoms with Crippen LogP contribution in [0.1, 0.15) is 31.8 Å². The first kappa shape index (κ1) is 21.4. The summed E-state index contributed by atoms with van der Waals surface area (Å²) in [4.78, 5) is 54.5. The third-order valence-electron chi connectivity index (χ3n) is 4.54. The molecule has 2 aromatic carbocycles. The Kier molecular flexibility index (Phi) is 6.09. The van der Waals surface area contributed by atoms with E-state index in [9.17, 15) is 19.2 Å². The third kappa shape index (κ3) is 4.29. The molecule has 0 aromatic heterocycles. The van der Waals surface area contributed by atoms with Gasteiger partial charge in [-0.25, -0.2) is 0 Å². The SMILES string of the molecule is CN(C)CC(=O)Nc1ccc(NC(=O)CN(C)C)c2c1C(=O)c1ccccc1C2=O. The second-order valence-corrected chi connectivity index (χ2v) is 7.69. The predicted molar refractivity (Wildman–Crippen MR) is 114 cm³/mol. The summed E-state index contributed by atoms with van der Waals surface area (Å²) in [5, 5.41) is 5.44. The molecule has 0 fully saturated rings. The topological polar surface area (TPSA) is 98.8 Å². The van der Waals surface area contributed by atoms with E-state index in [1.165, 1.54) is 12.1 Å². The molecule has 8 nitrogen and oxygen atoms in total. The number of ketones is 2. The van der Waals surface area contributed by atoms with E-state index in [4.69, 9.17) is 0 Å². The zero-order valence-electron chi connectivity index (χ0n) is 17.4. The van der Waals surface area contributed by atoms with Gasteiger partial charge in [0.1, 0.15) is 0 Å². The van der Waals surface area contributed by atoms with Crippen LogP contribution in [-0.4, -0.2) is 74.5 Å². The van der Waals surface area contributed by atoms with Crippen molar-refractivity contribution in [3.8, 4) is 0 Å². The summed E-state index contributed by atoms with van der Waals surface area (Å²) in [6.45, 7) is 0.240. The fourth-order valence-electron chi connectivity index (χ4n) is 3.39. The predicted octanol–water partition coefficient (Wildman–Crippen LogP) is 1.46. The summed E-state index contributed by atoms with van der Waals surface area (Å²) < 4.78 is 0. The van der Waals surface area contributed by atoms with Crippen LogP contribution in [0.25, 0.3) is 0 Å². The average Bonchev–Trinajstić information content (AvgIpc) is 2.65. The van der Waals surface area contributed by atoms with E-state index in [0.717, 1.165) is 0 Å². The minimum absolute atomic E-state index is 0.0912. The van der Waals surface area contributed by atoms with E-state index in [2.05, 4.69) is 10.6 Å². The van der Waals surface area contributed by atoms with Gasteiger partial charge in [0, 0.05) is 11.1 Å². The van der Waals surface area contributed by atoms with Crippen molar-refractivity contribution in [1.29, 1.82) is 0 Å². The number of rotatable bonds is 6. The summed E-state index contributed by atoms with van der Waals surface area (Å²) in [6, 6.07) is 9.61. The Hall–Kier alpha value is -3.36. The van der Waals surface area contributed by atoms with E-state index >= 15 is 0 Å². The second-order valence-electron chi connectivity index (χ2n) is 7.69. The van der Waals surface area contributed by atoms with Gasteiger partial charge in [0.25, 0.3) is 0 Å². The number of nitrogens with zero attached hydrogens (tertiary/aromatic N) is 2. The Morgan fingerprint density at radius 1 is 0.700 bits per heavy atom. The third-order valence-corrected chi connectivity index (χ3v) is 4.54. The quantitative estimate of drug-likeness (QED) is 0.641. The van der Waals surface area contributed by atoms with Gasteiger partial charge in [0.15, 0.2) is 11.6 Å². The van der Waals surface area contributed by atoms with Crippen molar-refractivity contribution >= 4 is 34.8 Å². The molecule has 1 aliphatic carbocycles. The highest BCUT2D eigenvalue weighted by molar-refractivity contribution is 6.32. The molecule has 156 valence electrons. The Morgan fingerprint density at radius 3 is 1.40 bits per heavy atom. The normalized spacial score (nSPS) is 12.6. The molecular formula is C22H24N4O4. The van der Waals surface area contributed by atoms with Gasteiger partial charge in [0.05, 0.1) is 35.6 Å². The molecule has 3 rings (SSSR count). The average molecular weight is 408 g/mol. The Labute approximate surface area is 174 Å². The number of amides is 2. The molecule has 30 heavy (non-hydrogen) atoms. The molecule has 0 aliphatic heterocycles. The number of anilines is 2. The number of fused-ring (bicyclic) bond motifs is 2. The summed E-state index contributed by atoms with van der Waals surface area (Å²) in [5.41, 5.74) is 1.22. The first-order valence-corrected chi connectivity index (χ1v) is 9.43. The molecule has 2 amide bonds. The fraction of sp³-hybridized carbons (Fsp3) is 0.273. The molecule has 0 spiro atoms. The smallest absolute Gasteiger partial charge is 0.238 e. The molecule has 0 radical (unpaired) electrons. The monoisotopic (exact) mass is 408 g/mol. The largest absolute Gasteiger partial charge is 0.324 e. The first-order valence-electron chi connectivity index (χ1n) is 9.43. The van der Waals surface area contributed by atoms with Crippen LogP contribution in [0.4, 0.5) is 11.4 Å². The van der Waals surface area contributed by atoms with Crippen molar-refractivity contribution < 1.29 is 19.2 Å². The molecule has 2 aromatic rings. The highest BCUT2D eigenvalue weighted by atomic mass is 16.2. The van der Waals surface area contributed by atoms with Crippen molar-refractivity contribution in [2.24, 2.45) is 0 Å². The summed E-state index contributed by atoms with van der Waals surface area (Å²) in [7, 11) is 7.01. The summed E-state index contributed by atoms with van der Waals surface area (Å²) in [5.74, 6) is -1.37. The van der Waals surface area contributed by atoms with Crippen molar-refractivity contribution in [2.75, 3.05) is 51.9 Å². The van der Waals surface area contributed by atoms with Gasteiger partial charge < -0.3 is 20.4 Å². The minimum Gasteiger partial charge on any atom is -0.324 e. The van der Waals surface area contributed by atoms with Gasteiger partial charge in [0.2, 0.25) is 11.8 Å². The maximum Gasteiger partial charge on any atom is 0.238 e. The Balaban J connectivity index is 2.11. The standard InChI is InChI=1S/C22H24N4O4/c1-25(2)11-17(27)23-15-9-10-16(24-18(28)12-26(3)4)20-19(15)21(29)13-7-5-6-8-14(13)22(20)30/h5-10H,11-12H2,1-4H3,(H,23,27)(H,24,28). The van der Waals surface area contributed by atoms with Crippen LogP contribution in [0.5, 0.6) is 0 Å². The van der Waals surface area contributed by atoms with Crippen molar-refractivity contribution in [3.05, 3.63) is 58.7 Å². The van der Waals surface area contributed by atoms with E-state index in [0.29, 0.717) is 0 Å². The molecule has 0 atom stereocenters. The van der Waals surface area contributed by atoms with Crippen molar-refractivity contribution in [2.45, 2.75) is 0 Å². The summed E-state index contributed by atoms with van der Waals surface area (Å²) >= 11 is 0. The fourth-order valence-corrected chi connectivity index (χ4v) is 3.39. The van der Waals surface area contributed by atoms with Gasteiger partial charge in [-0.1, -0.05) is 24.3 Å². The maximum atomic E-state index is 13.3. The van der Waals surface area contributed by atoms with Crippen LogP contribution in [-0.2, 0) is 9.59 Å². The minimum atomic E-state index is -0.371. The Bertz CT molecular complexity index is 961. The number of hydrogen-bond acceptors (Lipinski definition) is 6. The first-order chi connectivity index (χ1) is 14.2. The lowest BCUT2D eigenvalue weighted by atomic mass is 9.82. The van der Waals surface area contributed by atoms with Crippen LogP contribution < -0.4 is 10.6 Å². The maximum absolute atomic E-state index is 13.3. The second kappa shape index (κ2) is 8.56. The van der Waals surface area contributed by atoms with Crippen LogP contribution in [0.2, 0.25) is 0 Å². The lowest BCUT2D eigenvalue weighted by molar-refractivity contribution is -0.117. The zero-order valence-corrected chi connectivity index (χ0v) is 17.4. The number of carbonyl (C=O) groups excluding carboxylic acids is 4. The molecule has 0 saturated carbocycles.